The number of thiophene rings is 1. The minimum absolute atomic E-state index is 0.0360. The molecule has 0 unspecified atom stereocenters. The number of alkyl halides is 3. The van der Waals surface area contributed by atoms with Crippen LogP contribution in [0.15, 0.2) is 12.3 Å². The van der Waals surface area contributed by atoms with Gasteiger partial charge >= 0.3 is 6.18 Å². The molecule has 3 rings (SSSR count). The number of aromatic nitrogens is 3. The lowest BCUT2D eigenvalue weighted by molar-refractivity contribution is -0.141. The third-order valence-corrected chi connectivity index (χ3v) is 5.61. The number of carbonyl (C=O) groups is 2. The summed E-state index contributed by atoms with van der Waals surface area (Å²) in [7, 11) is 1.57. The van der Waals surface area contributed by atoms with Crippen LogP contribution in [0.2, 0.25) is 0 Å². The molecule has 7 nitrogen and oxygen atoms in total. The zero-order chi connectivity index (χ0) is 20.1. The molecule has 3 heterocycles. The molecule has 0 aliphatic rings. The van der Waals surface area contributed by atoms with Crippen molar-refractivity contribution in [3.63, 3.8) is 0 Å². The highest BCUT2D eigenvalue weighted by Gasteiger charge is 2.34. The van der Waals surface area contributed by atoms with Crippen LogP contribution < -0.4 is 11.1 Å². The lowest BCUT2D eigenvalue weighted by atomic mass is 10.1. The lowest BCUT2D eigenvalue weighted by Crippen LogP contribution is -2.20. The molecular formula is C15H11F3IN5O2S. The number of nitrogens with one attached hydrogen (secondary N) is 1. The van der Waals surface area contributed by atoms with Gasteiger partial charge in [0.05, 0.1) is 15.5 Å². The molecule has 3 aromatic heterocycles. The molecule has 0 bridgehead atoms. The highest BCUT2D eigenvalue weighted by molar-refractivity contribution is 14.1. The Hall–Kier alpha value is -2.22. The van der Waals surface area contributed by atoms with Gasteiger partial charge < -0.3 is 11.1 Å². The zero-order valence-corrected chi connectivity index (χ0v) is 16.8. The molecule has 0 aromatic carbocycles. The fraction of sp³-hybridized carbons (Fsp3) is 0.200. The third-order valence-electron chi connectivity index (χ3n) is 3.72. The Morgan fingerprint density at radius 3 is 2.56 bits per heavy atom. The largest absolute Gasteiger partial charge is 0.433 e. The predicted molar refractivity (Wildman–Crippen MR) is 102 cm³/mol. The van der Waals surface area contributed by atoms with Crippen molar-refractivity contribution in [2.45, 2.75) is 13.1 Å². The van der Waals surface area contributed by atoms with E-state index in [4.69, 9.17) is 5.73 Å². The maximum atomic E-state index is 13.0. The molecule has 0 aliphatic carbocycles. The first kappa shape index (κ1) is 19.5. The molecule has 0 atom stereocenters. The Kier molecular flexibility index (Phi) is 4.88. The topological polar surface area (TPSA) is 103 Å². The van der Waals surface area contributed by atoms with Crippen molar-refractivity contribution in [2.75, 3.05) is 5.32 Å². The number of aryl methyl sites for hydroxylation is 2. The van der Waals surface area contributed by atoms with Crippen LogP contribution in [0.4, 0.5) is 18.9 Å². The summed E-state index contributed by atoms with van der Waals surface area (Å²) >= 11 is 2.63. The van der Waals surface area contributed by atoms with Gasteiger partial charge in [-0.15, -0.1) is 11.3 Å². The number of fused-ring (bicyclic) bond motifs is 1. The van der Waals surface area contributed by atoms with Crippen LogP contribution in [0.25, 0.3) is 10.2 Å². The van der Waals surface area contributed by atoms with Gasteiger partial charge in [0.15, 0.2) is 0 Å². The average Bonchev–Trinajstić information content (AvgIpc) is 3.07. The van der Waals surface area contributed by atoms with E-state index in [9.17, 15) is 22.8 Å². The number of halogens is 4. The Labute approximate surface area is 167 Å². The summed E-state index contributed by atoms with van der Waals surface area (Å²) in [6.45, 7) is 1.44. The molecule has 0 saturated heterocycles. The van der Waals surface area contributed by atoms with E-state index in [-0.39, 0.29) is 32.0 Å². The highest BCUT2D eigenvalue weighted by Crippen LogP contribution is 2.39. The number of hydrogen-bond acceptors (Lipinski definition) is 5. The van der Waals surface area contributed by atoms with E-state index in [0.717, 1.165) is 6.07 Å². The van der Waals surface area contributed by atoms with Gasteiger partial charge in [-0.2, -0.15) is 18.3 Å². The highest BCUT2D eigenvalue weighted by atomic mass is 127. The van der Waals surface area contributed by atoms with Crippen molar-refractivity contribution in [3.8, 4) is 0 Å². The first-order valence-corrected chi connectivity index (χ1v) is 9.20. The zero-order valence-electron chi connectivity index (χ0n) is 13.8. The number of nitrogens with two attached hydrogens (primary N) is 1. The van der Waals surface area contributed by atoms with Gasteiger partial charge in [0, 0.05) is 12.4 Å². The fourth-order valence-electron chi connectivity index (χ4n) is 2.56. The number of carbonyl (C=O) groups excluding carboxylic acids is 2. The standard InChI is InChI=1S/C15H11F3IN5O2S/c1-5-3-7(15(16,17)18)22-14-8(5)9(11(27-14)12(20)25)23-13(26)10-6(19)4-21-24(10)2/h3-4H,1-2H3,(H2,20,25)(H,23,26). The van der Waals surface area contributed by atoms with Crippen LogP contribution in [-0.4, -0.2) is 26.6 Å². The van der Waals surface area contributed by atoms with Gasteiger partial charge in [0.2, 0.25) is 0 Å². The Morgan fingerprint density at radius 2 is 2.04 bits per heavy atom. The quantitative estimate of drug-likeness (QED) is 0.529. The molecule has 0 fully saturated rings. The molecule has 12 heteroatoms. The van der Waals surface area contributed by atoms with Gasteiger partial charge in [0.1, 0.15) is 21.1 Å². The number of hydrogen-bond donors (Lipinski definition) is 2. The normalized spacial score (nSPS) is 11.8. The maximum Gasteiger partial charge on any atom is 0.433 e. The molecule has 2 amide bonds. The summed E-state index contributed by atoms with van der Waals surface area (Å²) < 4.78 is 41.0. The van der Waals surface area contributed by atoms with Crippen LogP contribution in [0, 0.1) is 10.5 Å². The summed E-state index contributed by atoms with van der Waals surface area (Å²) in [6, 6.07) is 0.864. The summed E-state index contributed by atoms with van der Waals surface area (Å²) in [6.07, 6.45) is -3.15. The first-order valence-electron chi connectivity index (χ1n) is 7.30. The molecule has 0 saturated carbocycles. The van der Waals surface area contributed by atoms with Crippen molar-refractivity contribution in [3.05, 3.63) is 37.7 Å². The molecule has 3 aromatic rings. The van der Waals surface area contributed by atoms with Gasteiger partial charge in [-0.1, -0.05) is 0 Å². The maximum absolute atomic E-state index is 13.0. The first-order chi connectivity index (χ1) is 12.5. The van der Waals surface area contributed by atoms with Crippen molar-refractivity contribution in [1.82, 2.24) is 14.8 Å². The van der Waals surface area contributed by atoms with Gasteiger partial charge in [-0.25, -0.2) is 4.98 Å². The number of anilines is 1. The van der Waals surface area contributed by atoms with Crippen LogP contribution >= 0.6 is 33.9 Å². The summed E-state index contributed by atoms with van der Waals surface area (Å²) in [5, 5.41) is 6.79. The van der Waals surface area contributed by atoms with Crippen LogP contribution in [0.5, 0.6) is 0 Å². The van der Waals surface area contributed by atoms with E-state index < -0.39 is 23.7 Å². The molecule has 3 N–H and O–H groups in total. The van der Waals surface area contributed by atoms with Crippen molar-refractivity contribution < 1.29 is 22.8 Å². The molecular weight excluding hydrogens is 498 g/mol. The predicted octanol–water partition coefficient (Wildman–Crippen LogP) is 3.31. The fourth-order valence-corrected chi connectivity index (χ4v) is 4.34. The van der Waals surface area contributed by atoms with Gasteiger partial charge in [0.25, 0.3) is 11.8 Å². The second-order valence-electron chi connectivity index (χ2n) is 5.59. The summed E-state index contributed by atoms with van der Waals surface area (Å²) in [4.78, 5) is 27.9. The van der Waals surface area contributed by atoms with Crippen LogP contribution in [0.1, 0.15) is 31.4 Å². The number of amides is 2. The molecule has 27 heavy (non-hydrogen) atoms. The van der Waals surface area contributed by atoms with E-state index in [1.165, 1.54) is 17.8 Å². The SMILES string of the molecule is Cc1cc(C(F)(F)F)nc2sc(C(N)=O)c(NC(=O)c3c(I)cnn3C)c12. The smallest absolute Gasteiger partial charge is 0.365 e. The molecule has 0 aliphatic heterocycles. The van der Waals surface area contributed by atoms with E-state index in [0.29, 0.717) is 14.9 Å². The minimum atomic E-state index is -4.63. The van der Waals surface area contributed by atoms with Gasteiger partial charge in [-0.05, 0) is 41.1 Å². The Balaban J connectivity index is 2.18. The monoisotopic (exact) mass is 509 g/mol. The number of nitrogens with zero attached hydrogens (tertiary/aromatic N) is 3. The molecule has 0 radical (unpaired) electrons. The average molecular weight is 509 g/mol. The lowest BCUT2D eigenvalue weighted by Gasteiger charge is -2.10. The van der Waals surface area contributed by atoms with Crippen LogP contribution in [-0.2, 0) is 13.2 Å². The molecule has 142 valence electrons. The number of pyridine rings is 1. The van der Waals surface area contributed by atoms with E-state index in [1.807, 2.05) is 22.6 Å². The van der Waals surface area contributed by atoms with E-state index in [2.05, 4.69) is 15.4 Å². The van der Waals surface area contributed by atoms with E-state index in [1.54, 1.807) is 7.05 Å². The summed E-state index contributed by atoms with van der Waals surface area (Å²) in [5.41, 5.74) is 4.78. The Morgan fingerprint density at radius 1 is 1.37 bits per heavy atom. The summed E-state index contributed by atoms with van der Waals surface area (Å²) in [5.74, 6) is -1.44. The third kappa shape index (κ3) is 3.50. The van der Waals surface area contributed by atoms with Gasteiger partial charge in [-0.3, -0.25) is 14.3 Å². The second-order valence-corrected chi connectivity index (χ2v) is 7.75. The van der Waals surface area contributed by atoms with Crippen LogP contribution in [0.3, 0.4) is 0 Å². The number of rotatable bonds is 3. The van der Waals surface area contributed by atoms with Crippen molar-refractivity contribution >= 4 is 61.6 Å². The minimum Gasteiger partial charge on any atom is -0.365 e. The second kappa shape index (κ2) is 6.74. The van der Waals surface area contributed by atoms with E-state index >= 15 is 0 Å². The van der Waals surface area contributed by atoms with Crippen molar-refractivity contribution in [1.29, 1.82) is 0 Å². The van der Waals surface area contributed by atoms with Crippen molar-refractivity contribution in [2.24, 2.45) is 12.8 Å². The molecule has 0 spiro atoms. The Bertz CT molecular complexity index is 1070. The number of primary amides is 1.